The fourth-order valence-electron chi connectivity index (χ4n) is 2.18. The average molecular weight is 269 g/mol. The van der Waals surface area contributed by atoms with Gasteiger partial charge in [-0.05, 0) is 51.2 Å². The van der Waals surface area contributed by atoms with E-state index in [0.717, 1.165) is 37.4 Å². The first kappa shape index (κ1) is 14.5. The predicted octanol–water partition coefficient (Wildman–Crippen LogP) is 3.32. The summed E-state index contributed by atoms with van der Waals surface area (Å²) < 4.78 is 0. The molecular weight excluding hydrogens is 246 g/mol. The van der Waals surface area contributed by atoms with Crippen molar-refractivity contribution in [3.05, 3.63) is 59.9 Å². The van der Waals surface area contributed by atoms with Crippen LogP contribution in [0.15, 0.2) is 48.5 Å². The highest BCUT2D eigenvalue weighted by atomic mass is 15.1. The van der Waals surface area contributed by atoms with Crippen molar-refractivity contribution >= 4 is 5.69 Å². The summed E-state index contributed by atoms with van der Waals surface area (Å²) in [6, 6.07) is 16.5. The van der Waals surface area contributed by atoms with E-state index in [1.165, 1.54) is 5.69 Å². The zero-order valence-corrected chi connectivity index (χ0v) is 12.3. The Bertz CT molecular complexity index is 511. The average Bonchev–Trinajstić information content (AvgIpc) is 2.45. The largest absolute Gasteiger partial charge is 0.385 e. The summed E-state index contributed by atoms with van der Waals surface area (Å²) in [5.41, 5.74) is 3.42. The van der Waals surface area contributed by atoms with Gasteiger partial charge in [-0.25, -0.2) is 0 Å². The van der Waals surface area contributed by atoms with Crippen molar-refractivity contribution in [2.24, 2.45) is 0 Å². The summed E-state index contributed by atoms with van der Waals surface area (Å²) in [5.74, 6) is 0. The molecule has 1 heterocycles. The molecule has 1 aromatic carbocycles. The summed E-state index contributed by atoms with van der Waals surface area (Å²) in [6.45, 7) is 5.01. The third kappa shape index (κ3) is 5.02. The van der Waals surface area contributed by atoms with Crippen LogP contribution in [0.4, 0.5) is 5.69 Å². The molecule has 106 valence electrons. The first-order valence-corrected chi connectivity index (χ1v) is 7.14. The van der Waals surface area contributed by atoms with Gasteiger partial charge in [-0.2, -0.15) is 0 Å². The molecule has 0 saturated carbocycles. The highest BCUT2D eigenvalue weighted by Crippen LogP contribution is 2.05. The summed E-state index contributed by atoms with van der Waals surface area (Å²) in [6.07, 6.45) is 1.12. The molecule has 0 spiro atoms. The van der Waals surface area contributed by atoms with Crippen LogP contribution in [0.1, 0.15) is 17.8 Å². The van der Waals surface area contributed by atoms with Gasteiger partial charge in [0.2, 0.25) is 0 Å². The Morgan fingerprint density at radius 3 is 2.60 bits per heavy atom. The van der Waals surface area contributed by atoms with E-state index in [2.05, 4.69) is 58.6 Å². The van der Waals surface area contributed by atoms with Crippen LogP contribution < -0.4 is 5.32 Å². The maximum atomic E-state index is 4.53. The molecular formula is C17H23N3. The van der Waals surface area contributed by atoms with Crippen molar-refractivity contribution in [3.63, 3.8) is 0 Å². The molecule has 0 aliphatic heterocycles. The van der Waals surface area contributed by atoms with Gasteiger partial charge in [-0.1, -0.05) is 24.3 Å². The number of para-hydroxylation sites is 1. The number of nitrogens with one attached hydrogen (secondary N) is 1. The van der Waals surface area contributed by atoms with E-state index in [4.69, 9.17) is 0 Å². The summed E-state index contributed by atoms with van der Waals surface area (Å²) in [5, 5.41) is 3.43. The molecule has 0 atom stereocenters. The Kier molecular flexibility index (Phi) is 5.56. The van der Waals surface area contributed by atoms with Crippen LogP contribution in [0.3, 0.4) is 0 Å². The van der Waals surface area contributed by atoms with Crippen LogP contribution >= 0.6 is 0 Å². The second-order valence-electron chi connectivity index (χ2n) is 5.15. The minimum Gasteiger partial charge on any atom is -0.385 e. The maximum absolute atomic E-state index is 4.53. The Hall–Kier alpha value is -1.87. The lowest BCUT2D eigenvalue weighted by Crippen LogP contribution is -2.21. The van der Waals surface area contributed by atoms with E-state index in [1.54, 1.807) is 0 Å². The van der Waals surface area contributed by atoms with Gasteiger partial charge in [0.25, 0.3) is 0 Å². The van der Waals surface area contributed by atoms with Crippen molar-refractivity contribution in [2.45, 2.75) is 19.9 Å². The quantitative estimate of drug-likeness (QED) is 0.782. The lowest BCUT2D eigenvalue weighted by molar-refractivity contribution is 0.321. The van der Waals surface area contributed by atoms with Gasteiger partial charge in [-0.3, -0.25) is 4.98 Å². The van der Waals surface area contributed by atoms with E-state index in [0.29, 0.717) is 0 Å². The summed E-state index contributed by atoms with van der Waals surface area (Å²) in [7, 11) is 2.15. The van der Waals surface area contributed by atoms with E-state index in [1.807, 2.05) is 19.1 Å². The summed E-state index contributed by atoms with van der Waals surface area (Å²) in [4.78, 5) is 6.85. The minimum atomic E-state index is 0.910. The molecule has 20 heavy (non-hydrogen) atoms. The maximum Gasteiger partial charge on any atom is 0.0547 e. The van der Waals surface area contributed by atoms with Gasteiger partial charge in [0, 0.05) is 24.5 Å². The number of rotatable bonds is 7. The molecule has 0 aliphatic rings. The van der Waals surface area contributed by atoms with Gasteiger partial charge in [0.05, 0.1) is 5.69 Å². The van der Waals surface area contributed by atoms with Crippen LogP contribution in [-0.2, 0) is 6.54 Å². The number of pyridine rings is 1. The van der Waals surface area contributed by atoms with Gasteiger partial charge >= 0.3 is 0 Å². The summed E-state index contributed by atoms with van der Waals surface area (Å²) >= 11 is 0. The second kappa shape index (κ2) is 7.65. The topological polar surface area (TPSA) is 28.2 Å². The monoisotopic (exact) mass is 269 g/mol. The third-order valence-electron chi connectivity index (χ3n) is 3.20. The number of nitrogens with zero attached hydrogens (tertiary/aromatic N) is 2. The first-order valence-electron chi connectivity index (χ1n) is 7.14. The molecule has 3 heteroatoms. The highest BCUT2D eigenvalue weighted by molar-refractivity contribution is 5.42. The first-order chi connectivity index (χ1) is 9.74. The predicted molar refractivity (Wildman–Crippen MR) is 84.9 cm³/mol. The van der Waals surface area contributed by atoms with Crippen LogP contribution in [0.5, 0.6) is 0 Å². The second-order valence-corrected chi connectivity index (χ2v) is 5.15. The number of hydrogen-bond donors (Lipinski definition) is 1. The molecule has 1 aromatic heterocycles. The molecule has 2 aromatic rings. The number of aryl methyl sites for hydroxylation is 1. The van der Waals surface area contributed by atoms with Crippen molar-refractivity contribution in [2.75, 3.05) is 25.5 Å². The number of hydrogen-bond acceptors (Lipinski definition) is 3. The Morgan fingerprint density at radius 1 is 1.05 bits per heavy atom. The minimum absolute atomic E-state index is 0.910. The van der Waals surface area contributed by atoms with Crippen LogP contribution in [0.25, 0.3) is 0 Å². The molecule has 0 bridgehead atoms. The third-order valence-corrected chi connectivity index (χ3v) is 3.20. The Labute approximate surface area is 121 Å². The van der Waals surface area contributed by atoms with E-state index >= 15 is 0 Å². The molecule has 0 unspecified atom stereocenters. The van der Waals surface area contributed by atoms with Gasteiger partial charge in [-0.15, -0.1) is 0 Å². The lowest BCUT2D eigenvalue weighted by Gasteiger charge is -2.16. The fourth-order valence-corrected chi connectivity index (χ4v) is 2.18. The van der Waals surface area contributed by atoms with Crippen LogP contribution in [0.2, 0.25) is 0 Å². The molecule has 0 amide bonds. The number of benzene rings is 1. The van der Waals surface area contributed by atoms with E-state index < -0.39 is 0 Å². The molecule has 1 N–H and O–H groups in total. The fraction of sp³-hybridized carbons (Fsp3) is 0.353. The molecule has 0 radical (unpaired) electrons. The van der Waals surface area contributed by atoms with E-state index in [-0.39, 0.29) is 0 Å². The van der Waals surface area contributed by atoms with E-state index in [9.17, 15) is 0 Å². The van der Waals surface area contributed by atoms with Gasteiger partial charge < -0.3 is 10.2 Å². The Morgan fingerprint density at radius 2 is 1.85 bits per heavy atom. The van der Waals surface area contributed by atoms with Crippen LogP contribution in [-0.4, -0.2) is 30.0 Å². The number of anilines is 1. The highest BCUT2D eigenvalue weighted by Gasteiger charge is 2.01. The zero-order chi connectivity index (χ0) is 14.2. The Balaban J connectivity index is 1.66. The normalized spacial score (nSPS) is 10.8. The smallest absolute Gasteiger partial charge is 0.0547 e. The van der Waals surface area contributed by atoms with Crippen molar-refractivity contribution in [3.8, 4) is 0 Å². The van der Waals surface area contributed by atoms with Gasteiger partial charge in [0.15, 0.2) is 0 Å². The molecule has 0 saturated heterocycles. The van der Waals surface area contributed by atoms with Crippen molar-refractivity contribution < 1.29 is 0 Å². The molecule has 0 fully saturated rings. The lowest BCUT2D eigenvalue weighted by atomic mass is 10.3. The zero-order valence-electron chi connectivity index (χ0n) is 12.3. The molecule has 3 nitrogen and oxygen atoms in total. The molecule has 0 aliphatic carbocycles. The number of aromatic nitrogens is 1. The van der Waals surface area contributed by atoms with Crippen molar-refractivity contribution in [1.82, 2.24) is 9.88 Å². The van der Waals surface area contributed by atoms with Gasteiger partial charge in [0.1, 0.15) is 0 Å². The standard InChI is InChI=1S/C17H23N3/c1-15-8-6-11-17(19-15)14-20(2)13-7-12-18-16-9-4-3-5-10-16/h3-6,8-11,18H,7,12-14H2,1-2H3. The van der Waals surface area contributed by atoms with Crippen molar-refractivity contribution in [1.29, 1.82) is 0 Å². The SMILES string of the molecule is Cc1cccc(CN(C)CCCNc2ccccc2)n1. The molecule has 2 rings (SSSR count). The van der Waals surface area contributed by atoms with Crippen LogP contribution in [0, 0.1) is 6.92 Å².